The predicted octanol–water partition coefficient (Wildman–Crippen LogP) is 1.23. The minimum absolute atomic E-state index is 0.197. The second kappa shape index (κ2) is 8.81. The molecule has 1 unspecified atom stereocenters. The van der Waals surface area contributed by atoms with Crippen LogP contribution in [0.25, 0.3) is 0 Å². The van der Waals surface area contributed by atoms with Gasteiger partial charge in [-0.25, -0.2) is 4.79 Å². The van der Waals surface area contributed by atoms with E-state index in [9.17, 15) is 9.59 Å². The zero-order valence-electron chi connectivity index (χ0n) is 17.3. The first-order chi connectivity index (χ1) is 14.1. The number of likely N-dealkylation sites (tertiary alicyclic amines) is 2. The summed E-state index contributed by atoms with van der Waals surface area (Å²) in [5, 5.41) is 0. The second-order valence-corrected chi connectivity index (χ2v) is 8.43. The normalized spacial score (nSPS) is 25.8. The third-order valence-corrected chi connectivity index (χ3v) is 6.61. The number of rotatable bonds is 6. The molecule has 3 fully saturated rings. The number of carbonyl (C=O) groups excluding carboxylic acids is 2. The van der Waals surface area contributed by atoms with Crippen LogP contribution in [0.15, 0.2) is 24.3 Å². The van der Waals surface area contributed by atoms with E-state index >= 15 is 0 Å². The van der Waals surface area contributed by atoms with Crippen molar-refractivity contribution in [2.45, 2.75) is 19.4 Å². The number of benzene rings is 1. The molecule has 0 bridgehead atoms. The Kier molecular flexibility index (Phi) is 6.18. The summed E-state index contributed by atoms with van der Waals surface area (Å²) in [5.74, 6) is 0.0275. The van der Waals surface area contributed by atoms with Gasteiger partial charge >= 0.3 is 5.97 Å². The Morgan fingerprint density at radius 1 is 1.03 bits per heavy atom. The Hall–Kier alpha value is -1.96. The van der Waals surface area contributed by atoms with Crippen LogP contribution in [-0.2, 0) is 20.8 Å². The molecule has 0 aliphatic carbocycles. The Labute approximate surface area is 172 Å². The highest BCUT2D eigenvalue weighted by atomic mass is 16.5. The molecule has 1 aromatic carbocycles. The lowest BCUT2D eigenvalue weighted by atomic mass is 9.85. The summed E-state index contributed by atoms with van der Waals surface area (Å²) < 4.78 is 10.2. The van der Waals surface area contributed by atoms with E-state index in [2.05, 4.69) is 14.7 Å². The number of nitrogens with zero attached hydrogens (tertiary/aromatic N) is 3. The van der Waals surface area contributed by atoms with Gasteiger partial charge in [0.25, 0.3) is 0 Å². The molecule has 7 heteroatoms. The molecule has 0 saturated carbocycles. The minimum atomic E-state index is -0.314. The zero-order chi connectivity index (χ0) is 20.3. The molecule has 0 radical (unpaired) electrons. The molecule has 29 heavy (non-hydrogen) atoms. The number of methoxy groups -OCH3 is 1. The van der Waals surface area contributed by atoms with E-state index in [1.165, 1.54) is 7.11 Å². The molecule has 1 spiro atoms. The fourth-order valence-electron chi connectivity index (χ4n) is 4.79. The first kappa shape index (κ1) is 20.3. The van der Waals surface area contributed by atoms with Crippen LogP contribution in [0.2, 0.25) is 0 Å². The van der Waals surface area contributed by atoms with Crippen LogP contribution in [0, 0.1) is 5.41 Å². The first-order valence-corrected chi connectivity index (χ1v) is 10.6. The van der Waals surface area contributed by atoms with Gasteiger partial charge in [-0.05, 0) is 37.1 Å². The van der Waals surface area contributed by atoms with Gasteiger partial charge in [-0.1, -0.05) is 12.1 Å². The molecule has 1 atom stereocenters. The van der Waals surface area contributed by atoms with Gasteiger partial charge in [-0.15, -0.1) is 0 Å². The molecule has 7 nitrogen and oxygen atoms in total. The van der Waals surface area contributed by atoms with Crippen molar-refractivity contribution < 1.29 is 19.1 Å². The number of hydrogen-bond acceptors (Lipinski definition) is 6. The summed E-state index contributed by atoms with van der Waals surface area (Å²) in [6, 6.07) is 7.56. The van der Waals surface area contributed by atoms with Crippen LogP contribution in [0.5, 0.6) is 0 Å². The maximum absolute atomic E-state index is 13.2. The Morgan fingerprint density at radius 2 is 1.76 bits per heavy atom. The van der Waals surface area contributed by atoms with Gasteiger partial charge in [0.15, 0.2) is 0 Å². The topological polar surface area (TPSA) is 62.3 Å². The summed E-state index contributed by atoms with van der Waals surface area (Å²) in [7, 11) is 1.39. The quantitative estimate of drug-likeness (QED) is 0.669. The lowest BCUT2D eigenvalue weighted by Gasteiger charge is -2.29. The second-order valence-electron chi connectivity index (χ2n) is 8.43. The highest BCUT2D eigenvalue weighted by Crippen LogP contribution is 2.41. The maximum atomic E-state index is 13.2. The van der Waals surface area contributed by atoms with Crippen molar-refractivity contribution >= 4 is 11.9 Å². The Bertz CT molecular complexity index is 732. The molecule has 3 aliphatic rings. The molecule has 3 saturated heterocycles. The average molecular weight is 402 g/mol. The van der Waals surface area contributed by atoms with Crippen molar-refractivity contribution in [2.24, 2.45) is 5.41 Å². The monoisotopic (exact) mass is 401 g/mol. The van der Waals surface area contributed by atoms with Crippen LogP contribution in [0.1, 0.15) is 28.8 Å². The Morgan fingerprint density at radius 3 is 2.48 bits per heavy atom. The molecule has 0 aromatic heterocycles. The summed E-state index contributed by atoms with van der Waals surface area (Å²) in [6.45, 7) is 8.78. The molecule has 0 N–H and O–H groups in total. The van der Waals surface area contributed by atoms with E-state index in [4.69, 9.17) is 9.47 Å². The van der Waals surface area contributed by atoms with E-state index in [0.29, 0.717) is 11.5 Å². The minimum Gasteiger partial charge on any atom is -0.465 e. The van der Waals surface area contributed by atoms with Crippen molar-refractivity contribution in [3.63, 3.8) is 0 Å². The fourth-order valence-corrected chi connectivity index (χ4v) is 4.79. The maximum Gasteiger partial charge on any atom is 0.337 e. The third kappa shape index (κ3) is 4.47. The highest BCUT2D eigenvalue weighted by Gasteiger charge is 2.50. The summed E-state index contributed by atoms with van der Waals surface area (Å²) >= 11 is 0. The molecule has 3 aliphatic heterocycles. The van der Waals surface area contributed by atoms with E-state index in [1.807, 2.05) is 12.1 Å². The average Bonchev–Trinajstić information content (AvgIpc) is 3.31. The number of hydrogen-bond donors (Lipinski definition) is 0. The van der Waals surface area contributed by atoms with Crippen molar-refractivity contribution in [1.82, 2.24) is 14.7 Å². The lowest BCUT2D eigenvalue weighted by molar-refractivity contribution is -0.135. The third-order valence-electron chi connectivity index (χ3n) is 6.61. The molecule has 3 heterocycles. The van der Waals surface area contributed by atoms with Gasteiger partial charge in [0, 0.05) is 45.8 Å². The Balaban J connectivity index is 1.29. The summed E-state index contributed by atoms with van der Waals surface area (Å²) in [6.07, 6.45) is 1.91. The highest BCUT2D eigenvalue weighted by molar-refractivity contribution is 5.89. The van der Waals surface area contributed by atoms with Gasteiger partial charge in [0.05, 0.1) is 31.3 Å². The van der Waals surface area contributed by atoms with E-state index < -0.39 is 0 Å². The molecule has 1 amide bonds. The van der Waals surface area contributed by atoms with Gasteiger partial charge in [0.1, 0.15) is 0 Å². The van der Waals surface area contributed by atoms with E-state index in [0.717, 1.165) is 84.0 Å². The largest absolute Gasteiger partial charge is 0.465 e. The van der Waals surface area contributed by atoms with Crippen LogP contribution in [0.4, 0.5) is 0 Å². The lowest BCUT2D eigenvalue weighted by Crippen LogP contribution is -2.43. The van der Waals surface area contributed by atoms with Crippen molar-refractivity contribution in [2.75, 3.05) is 66.1 Å². The predicted molar refractivity (Wildman–Crippen MR) is 109 cm³/mol. The molecule has 158 valence electrons. The number of morpholine rings is 1. The van der Waals surface area contributed by atoms with E-state index in [-0.39, 0.29) is 11.4 Å². The molecule has 1 aromatic rings. The molecular weight excluding hydrogens is 370 g/mol. The first-order valence-electron chi connectivity index (χ1n) is 10.6. The number of esters is 1. The standard InChI is InChI=1S/C22H31N3O4/c1-28-20(26)19-4-2-18(3-5-19)16-24-8-6-22(17-24)7-9-25(21(22)27)11-10-23-12-14-29-15-13-23/h2-5H,6-17H2,1H3. The number of ether oxygens (including phenoxy) is 2. The smallest absolute Gasteiger partial charge is 0.337 e. The van der Waals surface area contributed by atoms with Gasteiger partial charge < -0.3 is 14.4 Å². The van der Waals surface area contributed by atoms with E-state index in [1.54, 1.807) is 12.1 Å². The van der Waals surface area contributed by atoms with Crippen molar-refractivity contribution in [3.05, 3.63) is 35.4 Å². The van der Waals surface area contributed by atoms with Crippen LogP contribution in [0.3, 0.4) is 0 Å². The summed E-state index contributed by atoms with van der Waals surface area (Å²) in [4.78, 5) is 31.6. The van der Waals surface area contributed by atoms with Crippen LogP contribution in [-0.4, -0.2) is 92.7 Å². The number of carbonyl (C=O) groups is 2. The zero-order valence-corrected chi connectivity index (χ0v) is 17.3. The van der Waals surface area contributed by atoms with Gasteiger partial charge in [0.2, 0.25) is 5.91 Å². The van der Waals surface area contributed by atoms with Gasteiger partial charge in [-0.3, -0.25) is 14.6 Å². The SMILES string of the molecule is COC(=O)c1ccc(CN2CCC3(CCN(CCN4CCOCC4)C3=O)C2)cc1. The van der Waals surface area contributed by atoms with Gasteiger partial charge in [-0.2, -0.15) is 0 Å². The fraction of sp³-hybridized carbons (Fsp3) is 0.636. The summed E-state index contributed by atoms with van der Waals surface area (Å²) in [5.41, 5.74) is 1.53. The van der Waals surface area contributed by atoms with Crippen LogP contribution < -0.4 is 0 Å². The molecular formula is C22H31N3O4. The van der Waals surface area contributed by atoms with Crippen LogP contribution >= 0.6 is 0 Å². The van der Waals surface area contributed by atoms with Crippen molar-refractivity contribution in [1.29, 1.82) is 0 Å². The number of amides is 1. The van der Waals surface area contributed by atoms with Crippen molar-refractivity contribution in [3.8, 4) is 0 Å². The molecule has 4 rings (SSSR count).